The van der Waals surface area contributed by atoms with Gasteiger partial charge in [0.2, 0.25) is 0 Å². The van der Waals surface area contributed by atoms with Gasteiger partial charge in [-0.25, -0.2) is 0 Å². The van der Waals surface area contributed by atoms with E-state index in [1.165, 1.54) is 41.5 Å². The van der Waals surface area contributed by atoms with Gasteiger partial charge in [-0.05, 0) is 81.9 Å². The van der Waals surface area contributed by atoms with E-state index in [0.29, 0.717) is 0 Å². The molecule has 0 heterocycles. The number of rotatable bonds is 6. The number of hydrogen-bond acceptors (Lipinski definition) is 2. The highest BCUT2D eigenvalue weighted by Gasteiger charge is 2.10. The van der Waals surface area contributed by atoms with Crippen LogP contribution in [0, 0.1) is 20.8 Å². The van der Waals surface area contributed by atoms with Crippen molar-refractivity contribution in [3.05, 3.63) is 28.3 Å². The number of benzene rings is 1. The van der Waals surface area contributed by atoms with Gasteiger partial charge in [0.1, 0.15) is 5.75 Å². The minimum Gasteiger partial charge on any atom is -0.496 e. The fraction of sp³-hybridized carbons (Fsp3) is 0.600. The summed E-state index contributed by atoms with van der Waals surface area (Å²) in [6.07, 6.45) is 3.65. The molecule has 1 aromatic rings. The van der Waals surface area contributed by atoms with Gasteiger partial charge in [0.15, 0.2) is 0 Å². The molecule has 0 bridgehead atoms. The molecule has 0 saturated carbocycles. The highest BCUT2D eigenvalue weighted by atomic mass is 16.5. The molecule has 0 spiro atoms. The molecule has 2 nitrogen and oxygen atoms in total. The Morgan fingerprint density at radius 1 is 1.12 bits per heavy atom. The van der Waals surface area contributed by atoms with Crippen molar-refractivity contribution in [2.24, 2.45) is 0 Å². The molecule has 0 radical (unpaired) electrons. The molecule has 17 heavy (non-hydrogen) atoms. The van der Waals surface area contributed by atoms with E-state index in [0.717, 1.165) is 12.3 Å². The van der Waals surface area contributed by atoms with E-state index < -0.39 is 0 Å². The first kappa shape index (κ1) is 14.0. The average molecular weight is 235 g/mol. The van der Waals surface area contributed by atoms with Crippen molar-refractivity contribution in [3.8, 4) is 5.75 Å². The van der Waals surface area contributed by atoms with Crippen LogP contribution in [-0.2, 0) is 6.42 Å². The Morgan fingerprint density at radius 2 is 1.82 bits per heavy atom. The summed E-state index contributed by atoms with van der Waals surface area (Å²) in [5.74, 6) is 1.01. The number of unbranched alkanes of at least 4 members (excludes halogenated alkanes) is 1. The third kappa shape index (κ3) is 3.47. The molecule has 0 aliphatic heterocycles. The fourth-order valence-electron chi connectivity index (χ4n) is 2.30. The smallest absolute Gasteiger partial charge is 0.122 e. The monoisotopic (exact) mass is 235 g/mol. The van der Waals surface area contributed by atoms with Gasteiger partial charge in [0.25, 0.3) is 0 Å². The predicted octanol–water partition coefficient (Wildman–Crippen LogP) is 3.16. The second kappa shape index (κ2) is 6.65. The fourth-order valence-corrected chi connectivity index (χ4v) is 2.30. The SMILES string of the molecule is CNCCCCc1c(C)cc(OC)c(C)c1C. The van der Waals surface area contributed by atoms with Gasteiger partial charge in [-0.2, -0.15) is 0 Å². The van der Waals surface area contributed by atoms with Gasteiger partial charge >= 0.3 is 0 Å². The summed E-state index contributed by atoms with van der Waals surface area (Å²) < 4.78 is 5.39. The maximum atomic E-state index is 5.39. The zero-order chi connectivity index (χ0) is 12.8. The standard InChI is InChI=1S/C15H25NO/c1-11-10-15(17-5)13(3)12(2)14(11)8-6-7-9-16-4/h10,16H,6-9H2,1-5H3. The van der Waals surface area contributed by atoms with Gasteiger partial charge in [0.05, 0.1) is 7.11 Å². The van der Waals surface area contributed by atoms with E-state index in [4.69, 9.17) is 4.74 Å². The van der Waals surface area contributed by atoms with Crippen LogP contribution in [0.2, 0.25) is 0 Å². The topological polar surface area (TPSA) is 21.3 Å². The summed E-state index contributed by atoms with van der Waals surface area (Å²) >= 11 is 0. The van der Waals surface area contributed by atoms with Gasteiger partial charge in [-0.15, -0.1) is 0 Å². The molecule has 0 atom stereocenters. The van der Waals surface area contributed by atoms with Gasteiger partial charge < -0.3 is 10.1 Å². The summed E-state index contributed by atoms with van der Waals surface area (Å²) in [5.41, 5.74) is 5.53. The Labute approximate surface area is 105 Å². The number of methoxy groups -OCH3 is 1. The van der Waals surface area contributed by atoms with Crippen LogP contribution in [0.5, 0.6) is 5.75 Å². The lowest BCUT2D eigenvalue weighted by atomic mass is 9.93. The molecular formula is C15H25NO. The lowest BCUT2D eigenvalue weighted by Gasteiger charge is -2.16. The Hall–Kier alpha value is -1.02. The van der Waals surface area contributed by atoms with E-state index >= 15 is 0 Å². The molecule has 1 rings (SSSR count). The van der Waals surface area contributed by atoms with E-state index in [1.54, 1.807) is 7.11 Å². The zero-order valence-corrected chi connectivity index (χ0v) is 11.8. The van der Waals surface area contributed by atoms with Gasteiger partial charge in [-0.1, -0.05) is 0 Å². The molecule has 96 valence electrons. The third-order valence-corrected chi connectivity index (χ3v) is 3.53. The van der Waals surface area contributed by atoms with Crippen molar-refractivity contribution in [1.29, 1.82) is 0 Å². The third-order valence-electron chi connectivity index (χ3n) is 3.53. The molecule has 0 aliphatic carbocycles. The zero-order valence-electron chi connectivity index (χ0n) is 11.8. The lowest BCUT2D eigenvalue weighted by molar-refractivity contribution is 0.410. The summed E-state index contributed by atoms with van der Waals surface area (Å²) in [7, 11) is 3.75. The van der Waals surface area contributed by atoms with E-state index in [9.17, 15) is 0 Å². The minimum absolute atomic E-state index is 1.01. The quantitative estimate of drug-likeness (QED) is 0.765. The first-order chi connectivity index (χ1) is 8.11. The number of ether oxygens (including phenoxy) is 1. The first-order valence-corrected chi connectivity index (χ1v) is 6.40. The van der Waals surface area contributed by atoms with Crippen molar-refractivity contribution < 1.29 is 4.74 Å². The van der Waals surface area contributed by atoms with Crippen molar-refractivity contribution in [3.63, 3.8) is 0 Å². The number of aryl methyl sites for hydroxylation is 1. The molecular weight excluding hydrogens is 210 g/mol. The first-order valence-electron chi connectivity index (χ1n) is 6.40. The van der Waals surface area contributed by atoms with Crippen LogP contribution in [0.15, 0.2) is 6.07 Å². The maximum absolute atomic E-state index is 5.39. The van der Waals surface area contributed by atoms with Crippen molar-refractivity contribution in [2.75, 3.05) is 20.7 Å². The predicted molar refractivity (Wildman–Crippen MR) is 74.1 cm³/mol. The van der Waals surface area contributed by atoms with Crippen LogP contribution in [0.4, 0.5) is 0 Å². The summed E-state index contributed by atoms with van der Waals surface area (Å²) in [6.45, 7) is 7.64. The number of hydrogen-bond donors (Lipinski definition) is 1. The normalized spacial score (nSPS) is 10.6. The van der Waals surface area contributed by atoms with E-state index in [-0.39, 0.29) is 0 Å². The van der Waals surface area contributed by atoms with Crippen molar-refractivity contribution >= 4 is 0 Å². The van der Waals surface area contributed by atoms with Crippen molar-refractivity contribution in [2.45, 2.75) is 40.0 Å². The Balaban J connectivity index is 2.81. The Morgan fingerprint density at radius 3 is 2.41 bits per heavy atom. The average Bonchev–Trinajstić information content (AvgIpc) is 2.32. The van der Waals surface area contributed by atoms with E-state index in [2.05, 4.69) is 32.2 Å². The molecule has 2 heteroatoms. The summed E-state index contributed by atoms with van der Waals surface area (Å²) in [4.78, 5) is 0. The summed E-state index contributed by atoms with van der Waals surface area (Å²) in [6, 6.07) is 2.16. The second-order valence-electron chi connectivity index (χ2n) is 4.68. The van der Waals surface area contributed by atoms with Crippen LogP contribution < -0.4 is 10.1 Å². The number of nitrogens with one attached hydrogen (secondary N) is 1. The van der Waals surface area contributed by atoms with Crippen LogP contribution in [0.3, 0.4) is 0 Å². The molecule has 0 fully saturated rings. The molecule has 0 saturated heterocycles. The van der Waals surface area contributed by atoms with Gasteiger partial charge in [0, 0.05) is 0 Å². The molecule has 0 aliphatic rings. The molecule has 1 aromatic carbocycles. The Bertz CT molecular complexity index is 372. The Kier molecular flexibility index (Phi) is 5.49. The van der Waals surface area contributed by atoms with Crippen LogP contribution in [0.1, 0.15) is 35.1 Å². The molecule has 0 unspecified atom stereocenters. The van der Waals surface area contributed by atoms with Gasteiger partial charge in [-0.3, -0.25) is 0 Å². The molecule has 0 aromatic heterocycles. The highest BCUT2D eigenvalue weighted by molar-refractivity contribution is 5.48. The molecule has 0 amide bonds. The second-order valence-corrected chi connectivity index (χ2v) is 4.68. The van der Waals surface area contributed by atoms with Crippen molar-refractivity contribution in [1.82, 2.24) is 5.32 Å². The highest BCUT2D eigenvalue weighted by Crippen LogP contribution is 2.28. The maximum Gasteiger partial charge on any atom is 0.122 e. The molecule has 1 N–H and O–H groups in total. The largest absolute Gasteiger partial charge is 0.496 e. The lowest BCUT2D eigenvalue weighted by Crippen LogP contribution is -2.08. The van der Waals surface area contributed by atoms with Crippen LogP contribution in [-0.4, -0.2) is 20.7 Å². The van der Waals surface area contributed by atoms with E-state index in [1.807, 2.05) is 7.05 Å². The summed E-state index contributed by atoms with van der Waals surface area (Å²) in [5, 5.41) is 3.19. The van der Waals surface area contributed by atoms with Crippen LogP contribution >= 0.6 is 0 Å². The van der Waals surface area contributed by atoms with Crippen LogP contribution in [0.25, 0.3) is 0 Å². The minimum atomic E-state index is 1.01.